The lowest BCUT2D eigenvalue weighted by Gasteiger charge is -2.38. The van der Waals surface area contributed by atoms with Crippen LogP contribution in [0.25, 0.3) is 6.08 Å². The van der Waals surface area contributed by atoms with Gasteiger partial charge in [0.05, 0.1) is 10.7 Å². The van der Waals surface area contributed by atoms with Crippen molar-refractivity contribution in [3.63, 3.8) is 0 Å². The Balaban J connectivity index is 1.78. The molecule has 5 heteroatoms. The Kier molecular flexibility index (Phi) is 7.53. The highest BCUT2D eigenvalue weighted by molar-refractivity contribution is 6.33. The second-order valence-electron chi connectivity index (χ2n) is 8.84. The lowest BCUT2D eigenvalue weighted by molar-refractivity contribution is -0.134. The topological polar surface area (TPSA) is 35.9 Å². The van der Waals surface area contributed by atoms with Gasteiger partial charge in [-0.1, -0.05) is 36.7 Å². The molecule has 158 valence electrons. The summed E-state index contributed by atoms with van der Waals surface area (Å²) in [7, 11) is 2.16. The minimum Gasteiger partial charge on any atom is -0.342 e. The van der Waals surface area contributed by atoms with Crippen LogP contribution < -0.4 is 0 Å². The molecule has 0 radical (unpaired) electrons. The number of allylic oxidation sites excluding steroid dienone is 1. The summed E-state index contributed by atoms with van der Waals surface area (Å²) in [5.74, 6) is 1.62. The third-order valence-corrected chi connectivity index (χ3v) is 6.75. The molecule has 0 aliphatic carbocycles. The van der Waals surface area contributed by atoms with Crippen molar-refractivity contribution in [1.29, 1.82) is 0 Å². The van der Waals surface area contributed by atoms with Crippen LogP contribution in [0, 0.1) is 11.8 Å². The molecule has 1 unspecified atom stereocenters. The van der Waals surface area contributed by atoms with Gasteiger partial charge in [-0.25, -0.2) is 0 Å². The van der Waals surface area contributed by atoms with Crippen molar-refractivity contribution in [2.24, 2.45) is 16.8 Å². The zero-order valence-electron chi connectivity index (χ0n) is 18.0. The van der Waals surface area contributed by atoms with Crippen LogP contribution in [-0.4, -0.2) is 55.7 Å². The van der Waals surface area contributed by atoms with Crippen LogP contribution in [-0.2, 0) is 4.79 Å². The number of hydrogen-bond acceptors (Lipinski definition) is 3. The highest BCUT2D eigenvalue weighted by Gasteiger charge is 2.31. The second-order valence-corrected chi connectivity index (χ2v) is 9.25. The number of amides is 1. The SMILES string of the molecule is C=Nc1c(Cl)ccc(C2C[C@@H](C)CN(C(=O)CC3CCN(C)CC3)C2)c1/C=C\C. The quantitative estimate of drug-likeness (QED) is 0.604. The van der Waals surface area contributed by atoms with E-state index in [1.165, 1.54) is 5.56 Å². The molecule has 1 aromatic rings. The van der Waals surface area contributed by atoms with Gasteiger partial charge in [0.1, 0.15) is 0 Å². The smallest absolute Gasteiger partial charge is 0.222 e. The Bertz CT molecular complexity index is 768. The van der Waals surface area contributed by atoms with Crippen molar-refractivity contribution >= 4 is 36.0 Å². The first-order valence-corrected chi connectivity index (χ1v) is 11.2. The maximum absolute atomic E-state index is 13.1. The van der Waals surface area contributed by atoms with E-state index in [0.717, 1.165) is 56.7 Å². The minimum absolute atomic E-state index is 0.296. The van der Waals surface area contributed by atoms with E-state index in [0.29, 0.717) is 35.1 Å². The van der Waals surface area contributed by atoms with Crippen LogP contribution in [0.4, 0.5) is 5.69 Å². The van der Waals surface area contributed by atoms with Gasteiger partial charge in [-0.3, -0.25) is 9.79 Å². The third-order valence-electron chi connectivity index (χ3n) is 6.45. The van der Waals surface area contributed by atoms with Gasteiger partial charge in [0.2, 0.25) is 5.91 Å². The van der Waals surface area contributed by atoms with E-state index in [1.807, 2.05) is 19.1 Å². The van der Waals surface area contributed by atoms with E-state index in [2.05, 4.69) is 47.6 Å². The molecular formula is C24H34ClN3O. The monoisotopic (exact) mass is 415 g/mol. The van der Waals surface area contributed by atoms with Crippen molar-refractivity contribution in [2.75, 3.05) is 33.2 Å². The summed E-state index contributed by atoms with van der Waals surface area (Å²) in [6, 6.07) is 4.02. The number of halogens is 1. The number of likely N-dealkylation sites (tertiary alicyclic amines) is 2. The summed E-state index contributed by atoms with van der Waals surface area (Å²) >= 11 is 6.37. The van der Waals surface area contributed by atoms with Gasteiger partial charge in [-0.05, 0) is 76.5 Å². The molecule has 1 aromatic carbocycles. The Morgan fingerprint density at radius 1 is 1.31 bits per heavy atom. The maximum Gasteiger partial charge on any atom is 0.222 e. The Morgan fingerprint density at radius 2 is 2.03 bits per heavy atom. The molecule has 4 nitrogen and oxygen atoms in total. The first-order chi connectivity index (χ1) is 13.9. The molecule has 0 N–H and O–H groups in total. The lowest BCUT2D eigenvalue weighted by atomic mass is 9.82. The molecule has 0 saturated carbocycles. The predicted octanol–water partition coefficient (Wildman–Crippen LogP) is 5.39. The number of carbonyl (C=O) groups is 1. The van der Waals surface area contributed by atoms with Crippen LogP contribution in [0.5, 0.6) is 0 Å². The standard InChI is InChI=1S/C24H34ClN3O/c1-5-6-21-20(7-8-22(25)24(21)26-3)19-13-17(2)15-28(16-19)23(29)14-18-9-11-27(4)12-10-18/h5-8,17-19H,3,9-16H2,1-2,4H3/b6-5-/t17-,19?/m1/s1. The first-order valence-electron chi connectivity index (χ1n) is 10.8. The molecule has 0 spiro atoms. The summed E-state index contributed by atoms with van der Waals surface area (Å²) in [5.41, 5.74) is 3.00. The minimum atomic E-state index is 0.296. The maximum atomic E-state index is 13.1. The molecule has 2 saturated heterocycles. The summed E-state index contributed by atoms with van der Waals surface area (Å²) in [6.07, 6.45) is 8.10. The van der Waals surface area contributed by atoms with E-state index < -0.39 is 0 Å². The van der Waals surface area contributed by atoms with Crippen molar-refractivity contribution in [2.45, 2.75) is 45.4 Å². The van der Waals surface area contributed by atoms with Crippen molar-refractivity contribution < 1.29 is 4.79 Å². The van der Waals surface area contributed by atoms with Gasteiger partial charge >= 0.3 is 0 Å². The number of carbonyl (C=O) groups excluding carboxylic acids is 1. The zero-order chi connectivity index (χ0) is 21.0. The normalized spacial score (nSPS) is 24.2. The number of aliphatic imine (C=N–C) groups is 1. The number of hydrogen-bond donors (Lipinski definition) is 0. The number of nitrogens with zero attached hydrogens (tertiary/aromatic N) is 3. The fourth-order valence-corrected chi connectivity index (χ4v) is 5.10. The van der Waals surface area contributed by atoms with Crippen molar-refractivity contribution in [3.05, 3.63) is 34.4 Å². The fourth-order valence-electron chi connectivity index (χ4n) is 4.88. The van der Waals surface area contributed by atoms with Gasteiger partial charge in [0, 0.05) is 31.0 Å². The van der Waals surface area contributed by atoms with E-state index in [1.54, 1.807) is 0 Å². The van der Waals surface area contributed by atoms with Crippen molar-refractivity contribution in [1.82, 2.24) is 9.80 Å². The molecule has 3 rings (SSSR count). The predicted molar refractivity (Wildman–Crippen MR) is 123 cm³/mol. The highest BCUT2D eigenvalue weighted by Crippen LogP contribution is 2.39. The van der Waals surface area contributed by atoms with Gasteiger partial charge in [-0.15, -0.1) is 0 Å². The van der Waals surface area contributed by atoms with Crippen molar-refractivity contribution in [3.8, 4) is 0 Å². The zero-order valence-corrected chi connectivity index (χ0v) is 18.8. The average Bonchev–Trinajstić information content (AvgIpc) is 2.70. The molecule has 2 fully saturated rings. The van der Waals surface area contributed by atoms with E-state index in [-0.39, 0.29) is 0 Å². The summed E-state index contributed by atoms with van der Waals surface area (Å²) < 4.78 is 0. The lowest BCUT2D eigenvalue weighted by Crippen LogP contribution is -2.44. The number of piperidine rings is 2. The summed E-state index contributed by atoms with van der Waals surface area (Å²) in [6.45, 7) is 11.8. The van der Waals surface area contributed by atoms with Crippen LogP contribution in [0.3, 0.4) is 0 Å². The molecular weight excluding hydrogens is 382 g/mol. The summed E-state index contributed by atoms with van der Waals surface area (Å²) in [5, 5.41) is 0.621. The van der Waals surface area contributed by atoms with Crippen LogP contribution in [0.1, 0.15) is 56.6 Å². The fraction of sp³-hybridized carbons (Fsp3) is 0.583. The van der Waals surface area contributed by atoms with Gasteiger partial charge in [0.15, 0.2) is 0 Å². The average molecular weight is 416 g/mol. The molecule has 0 bridgehead atoms. The highest BCUT2D eigenvalue weighted by atomic mass is 35.5. The second kappa shape index (κ2) is 9.90. The summed E-state index contributed by atoms with van der Waals surface area (Å²) in [4.78, 5) is 21.7. The number of rotatable bonds is 5. The number of benzene rings is 1. The van der Waals surface area contributed by atoms with E-state index in [4.69, 9.17) is 11.6 Å². The van der Waals surface area contributed by atoms with E-state index in [9.17, 15) is 4.79 Å². The van der Waals surface area contributed by atoms with Gasteiger partial charge in [-0.2, -0.15) is 0 Å². The molecule has 1 amide bonds. The van der Waals surface area contributed by atoms with Crippen LogP contribution in [0.15, 0.2) is 23.2 Å². The largest absolute Gasteiger partial charge is 0.342 e. The van der Waals surface area contributed by atoms with Crippen LogP contribution in [0.2, 0.25) is 5.02 Å². The molecule has 2 aliphatic rings. The Labute approximate surface area is 180 Å². The Morgan fingerprint density at radius 3 is 2.69 bits per heavy atom. The van der Waals surface area contributed by atoms with Gasteiger partial charge in [0.25, 0.3) is 0 Å². The molecule has 29 heavy (non-hydrogen) atoms. The van der Waals surface area contributed by atoms with E-state index >= 15 is 0 Å². The molecule has 0 aromatic heterocycles. The Hall–Kier alpha value is -1.65. The molecule has 2 atom stereocenters. The molecule has 2 aliphatic heterocycles. The molecule has 2 heterocycles. The third kappa shape index (κ3) is 5.29. The van der Waals surface area contributed by atoms with Gasteiger partial charge < -0.3 is 9.80 Å². The van der Waals surface area contributed by atoms with Crippen LogP contribution >= 0.6 is 11.6 Å². The first kappa shape index (κ1) is 22.0.